The van der Waals surface area contributed by atoms with Gasteiger partial charge in [0.2, 0.25) is 0 Å². The lowest BCUT2D eigenvalue weighted by molar-refractivity contribution is 0.660. The Morgan fingerprint density at radius 1 is 0.303 bits per heavy atom. The summed E-state index contributed by atoms with van der Waals surface area (Å²) in [4.78, 5) is 8.60. The van der Waals surface area contributed by atoms with Crippen LogP contribution in [0.4, 0.5) is 34.1 Å². The molecule has 0 unspecified atom stereocenters. The molecule has 0 saturated heterocycles. The van der Waals surface area contributed by atoms with Crippen LogP contribution in [-0.2, 0) is 5.41 Å². The minimum atomic E-state index is -0.207. The molecule has 314 valence electrons. The van der Waals surface area contributed by atoms with Crippen molar-refractivity contribution in [2.45, 2.75) is 19.3 Å². The molecular formula is C63H47N3. The van der Waals surface area contributed by atoms with Gasteiger partial charge in [-0.25, -0.2) is 0 Å². The number of aromatic amines is 1. The summed E-state index contributed by atoms with van der Waals surface area (Å²) >= 11 is 0. The van der Waals surface area contributed by atoms with Gasteiger partial charge in [0, 0.05) is 61.4 Å². The quantitative estimate of drug-likeness (QED) is 0.156. The molecule has 0 bridgehead atoms. The van der Waals surface area contributed by atoms with Crippen molar-refractivity contribution >= 4 is 55.9 Å². The Morgan fingerprint density at radius 3 is 1.29 bits per heavy atom. The van der Waals surface area contributed by atoms with Crippen LogP contribution in [0.2, 0.25) is 0 Å². The number of fused-ring (bicyclic) bond motifs is 6. The number of hydrogen-bond donors (Lipinski definition) is 1. The van der Waals surface area contributed by atoms with Crippen molar-refractivity contribution in [2.24, 2.45) is 0 Å². The normalized spacial score (nSPS) is 12.5. The summed E-state index contributed by atoms with van der Waals surface area (Å²) < 4.78 is 0. The third kappa shape index (κ3) is 6.76. The van der Waals surface area contributed by atoms with Crippen LogP contribution in [0.3, 0.4) is 0 Å². The van der Waals surface area contributed by atoms with Crippen LogP contribution in [0.5, 0.6) is 0 Å². The van der Waals surface area contributed by atoms with E-state index < -0.39 is 0 Å². The molecule has 1 heterocycles. The first-order valence-corrected chi connectivity index (χ1v) is 22.8. The molecular weight excluding hydrogens is 799 g/mol. The van der Waals surface area contributed by atoms with Crippen molar-refractivity contribution in [1.82, 2.24) is 4.98 Å². The summed E-state index contributed by atoms with van der Waals surface area (Å²) in [6.45, 7) is 4.75. The van der Waals surface area contributed by atoms with Gasteiger partial charge in [0.05, 0.1) is 5.52 Å². The van der Waals surface area contributed by atoms with Crippen molar-refractivity contribution in [3.8, 4) is 44.5 Å². The zero-order valence-electron chi connectivity index (χ0n) is 37.0. The second-order valence-electron chi connectivity index (χ2n) is 17.9. The number of aromatic nitrogens is 1. The van der Waals surface area contributed by atoms with Crippen LogP contribution >= 0.6 is 0 Å². The molecule has 12 rings (SSSR count). The molecule has 0 spiro atoms. The highest BCUT2D eigenvalue weighted by molar-refractivity contribution is 6.13. The maximum absolute atomic E-state index is 3.87. The molecule has 1 N–H and O–H groups in total. The largest absolute Gasteiger partial charge is 0.354 e. The smallest absolute Gasteiger partial charge is 0.0544 e. The second kappa shape index (κ2) is 16.0. The highest BCUT2D eigenvalue weighted by atomic mass is 15.1. The SMILES string of the molecule is CC1(C)c2cc(-c3cccc4c3[nH]c3ccc(N(c5ccc(-c6ccccc6)cc5)c5ccc(-c6ccccc6)cc5)cc34)ccc2-c2ccc(N(c3ccccc3)c3ccccc3)cc21. The number of H-pyrrole nitrogens is 1. The minimum Gasteiger partial charge on any atom is -0.354 e. The third-order valence-corrected chi connectivity index (χ3v) is 13.6. The predicted octanol–water partition coefficient (Wildman–Crippen LogP) is 17.6. The van der Waals surface area contributed by atoms with Crippen LogP contribution in [0.15, 0.2) is 243 Å². The van der Waals surface area contributed by atoms with E-state index in [9.17, 15) is 0 Å². The summed E-state index contributed by atoms with van der Waals surface area (Å²) in [5.41, 5.74) is 21.3. The van der Waals surface area contributed by atoms with Gasteiger partial charge < -0.3 is 14.8 Å². The number of para-hydroxylation sites is 3. The van der Waals surface area contributed by atoms with Gasteiger partial charge in [-0.1, -0.05) is 172 Å². The zero-order chi connectivity index (χ0) is 44.2. The molecule has 1 aliphatic carbocycles. The number of hydrogen-bond acceptors (Lipinski definition) is 2. The molecule has 1 aliphatic rings. The number of benzene rings is 10. The molecule has 10 aromatic carbocycles. The Morgan fingerprint density at radius 2 is 0.727 bits per heavy atom. The van der Waals surface area contributed by atoms with E-state index >= 15 is 0 Å². The fraction of sp³-hybridized carbons (Fsp3) is 0.0476. The lowest BCUT2D eigenvalue weighted by atomic mass is 9.81. The van der Waals surface area contributed by atoms with Gasteiger partial charge >= 0.3 is 0 Å². The van der Waals surface area contributed by atoms with Crippen LogP contribution in [0, 0.1) is 0 Å². The van der Waals surface area contributed by atoms with Gasteiger partial charge in [-0.05, 0) is 135 Å². The summed E-state index contributed by atoms with van der Waals surface area (Å²) in [5, 5.41) is 2.40. The highest BCUT2D eigenvalue weighted by Crippen LogP contribution is 2.52. The minimum absolute atomic E-state index is 0.207. The van der Waals surface area contributed by atoms with E-state index in [4.69, 9.17) is 0 Å². The van der Waals surface area contributed by atoms with Gasteiger partial charge in [-0.2, -0.15) is 0 Å². The maximum atomic E-state index is 3.87. The fourth-order valence-corrected chi connectivity index (χ4v) is 10.2. The van der Waals surface area contributed by atoms with Gasteiger partial charge in [-0.15, -0.1) is 0 Å². The Kier molecular flexibility index (Phi) is 9.50. The summed E-state index contributed by atoms with van der Waals surface area (Å²) in [6, 6.07) is 88.0. The van der Waals surface area contributed by atoms with E-state index in [-0.39, 0.29) is 5.41 Å². The molecule has 0 atom stereocenters. The van der Waals surface area contributed by atoms with Crippen LogP contribution in [0.1, 0.15) is 25.0 Å². The van der Waals surface area contributed by atoms with Crippen molar-refractivity contribution < 1.29 is 0 Å². The van der Waals surface area contributed by atoms with Crippen molar-refractivity contribution in [3.63, 3.8) is 0 Å². The molecule has 0 amide bonds. The lowest BCUT2D eigenvalue weighted by Crippen LogP contribution is -2.16. The molecule has 3 heteroatoms. The Balaban J connectivity index is 0.921. The molecule has 11 aromatic rings. The molecule has 1 aromatic heterocycles. The predicted molar refractivity (Wildman–Crippen MR) is 279 cm³/mol. The highest BCUT2D eigenvalue weighted by Gasteiger charge is 2.36. The summed E-state index contributed by atoms with van der Waals surface area (Å²) in [5.74, 6) is 0. The Hall–Kier alpha value is -8.40. The molecule has 3 nitrogen and oxygen atoms in total. The van der Waals surface area contributed by atoms with Crippen molar-refractivity contribution in [3.05, 3.63) is 254 Å². The van der Waals surface area contributed by atoms with Gasteiger partial charge in [0.25, 0.3) is 0 Å². The number of nitrogens with one attached hydrogen (secondary N) is 1. The fourth-order valence-electron chi connectivity index (χ4n) is 10.2. The van der Waals surface area contributed by atoms with E-state index in [0.29, 0.717) is 0 Å². The second-order valence-corrected chi connectivity index (χ2v) is 17.9. The first kappa shape index (κ1) is 39.2. The number of rotatable bonds is 9. The molecule has 66 heavy (non-hydrogen) atoms. The average Bonchev–Trinajstić information content (AvgIpc) is 3.86. The molecule has 0 saturated carbocycles. The van der Waals surface area contributed by atoms with Crippen molar-refractivity contribution in [1.29, 1.82) is 0 Å². The number of nitrogens with zero attached hydrogens (tertiary/aromatic N) is 2. The average molecular weight is 846 g/mol. The van der Waals surface area contributed by atoms with E-state index in [0.717, 1.165) is 45.2 Å². The van der Waals surface area contributed by atoms with Crippen molar-refractivity contribution in [2.75, 3.05) is 9.80 Å². The van der Waals surface area contributed by atoms with E-state index in [1.807, 2.05) is 0 Å². The van der Waals surface area contributed by atoms with Gasteiger partial charge in [0.1, 0.15) is 0 Å². The summed E-state index contributed by atoms with van der Waals surface area (Å²) in [6.07, 6.45) is 0. The topological polar surface area (TPSA) is 22.3 Å². The number of anilines is 6. The van der Waals surface area contributed by atoms with Gasteiger partial charge in [0.15, 0.2) is 0 Å². The molecule has 0 fully saturated rings. The lowest BCUT2D eigenvalue weighted by Gasteiger charge is -2.28. The van der Waals surface area contributed by atoms with Gasteiger partial charge in [-0.3, -0.25) is 0 Å². The molecule has 0 aliphatic heterocycles. The van der Waals surface area contributed by atoms with Crippen LogP contribution in [0.25, 0.3) is 66.3 Å². The first-order valence-electron chi connectivity index (χ1n) is 22.8. The zero-order valence-corrected chi connectivity index (χ0v) is 37.0. The third-order valence-electron chi connectivity index (χ3n) is 13.6. The first-order chi connectivity index (χ1) is 32.5. The molecule has 0 radical (unpaired) electrons. The maximum Gasteiger partial charge on any atom is 0.0544 e. The monoisotopic (exact) mass is 845 g/mol. The van der Waals surface area contributed by atoms with Crippen LogP contribution in [-0.4, -0.2) is 4.98 Å². The van der Waals surface area contributed by atoms with Crippen LogP contribution < -0.4 is 9.80 Å². The van der Waals surface area contributed by atoms with E-state index in [2.05, 4.69) is 271 Å². The van der Waals surface area contributed by atoms with E-state index in [1.165, 1.54) is 66.4 Å². The summed E-state index contributed by atoms with van der Waals surface area (Å²) in [7, 11) is 0. The van der Waals surface area contributed by atoms with E-state index in [1.54, 1.807) is 0 Å². The Bertz CT molecular complexity index is 3400. The standard InChI is InChI=1S/C63H47N3/c1-63(2)59-40-47(30-37-55(59)56-38-35-53(42-60(56)63)65(48-20-11-5-12-21-48)49-22-13-6-14-23-49)54-24-15-25-57-58-41-52(36-39-61(58)64-62(54)57)66(50-31-26-45(27-32-50)43-16-7-3-8-17-43)51-33-28-46(29-34-51)44-18-9-4-10-19-44/h3-42,64H,1-2H3. The Labute approximate surface area is 386 Å².